The van der Waals surface area contributed by atoms with Gasteiger partial charge in [0.2, 0.25) is 17.7 Å². The average Bonchev–Trinajstić information content (AvgIpc) is 3.12. The van der Waals surface area contributed by atoms with Gasteiger partial charge >= 0.3 is 6.18 Å². The molecular formula is C20H16ClF3N2O5. The summed E-state index contributed by atoms with van der Waals surface area (Å²) >= 11 is 5.92. The monoisotopic (exact) mass is 456 g/mol. The molecule has 164 valence electrons. The van der Waals surface area contributed by atoms with Crippen molar-refractivity contribution in [1.29, 1.82) is 0 Å². The molecule has 1 aliphatic rings. The third-order valence-corrected chi connectivity index (χ3v) is 4.80. The molecule has 4 rings (SSSR count). The summed E-state index contributed by atoms with van der Waals surface area (Å²) in [4.78, 5) is 23.0. The van der Waals surface area contributed by atoms with Crippen LogP contribution in [0.4, 0.5) is 13.2 Å². The van der Waals surface area contributed by atoms with Crippen LogP contribution in [0, 0.1) is 0 Å². The Morgan fingerprint density at radius 1 is 1.19 bits per heavy atom. The SMILES string of the molecule is O=C([O-])C(F)(F)F.O=c1cc(-c2ccc(OC3CC(c4ccc(Cl)cc4)C3)c[nH+]2)o[nH]1. The molecule has 0 amide bonds. The number of aromatic amines is 2. The first-order valence-electron chi connectivity index (χ1n) is 9.02. The number of nitrogens with one attached hydrogen (secondary N) is 2. The van der Waals surface area contributed by atoms with Gasteiger partial charge in [0.1, 0.15) is 12.1 Å². The highest BCUT2D eigenvalue weighted by atomic mass is 35.5. The Hall–Kier alpha value is -3.27. The zero-order chi connectivity index (χ0) is 22.6. The minimum atomic E-state index is -5.19. The largest absolute Gasteiger partial charge is 0.542 e. The van der Waals surface area contributed by atoms with E-state index in [1.54, 1.807) is 6.20 Å². The van der Waals surface area contributed by atoms with Gasteiger partial charge in [-0.3, -0.25) is 4.79 Å². The molecular weight excluding hydrogens is 441 g/mol. The van der Waals surface area contributed by atoms with Gasteiger partial charge in [0.25, 0.3) is 5.56 Å². The molecule has 0 unspecified atom stereocenters. The van der Waals surface area contributed by atoms with Crippen molar-refractivity contribution in [2.45, 2.75) is 31.0 Å². The van der Waals surface area contributed by atoms with Crippen molar-refractivity contribution in [3.8, 4) is 17.2 Å². The first kappa shape index (κ1) is 22.4. The number of alkyl halides is 3. The number of carbonyl (C=O) groups is 1. The number of aromatic nitrogens is 2. The number of rotatable bonds is 4. The number of benzene rings is 1. The molecule has 0 saturated heterocycles. The van der Waals surface area contributed by atoms with Crippen LogP contribution in [0.5, 0.6) is 5.75 Å². The van der Waals surface area contributed by atoms with Crippen LogP contribution in [-0.4, -0.2) is 23.4 Å². The Bertz CT molecular complexity index is 1070. The maximum atomic E-state index is 11.1. The van der Waals surface area contributed by atoms with E-state index in [0.29, 0.717) is 17.4 Å². The van der Waals surface area contributed by atoms with Crippen LogP contribution in [-0.2, 0) is 4.79 Å². The van der Waals surface area contributed by atoms with Gasteiger partial charge < -0.3 is 19.2 Å². The number of carboxylic acids is 1. The molecule has 1 aliphatic carbocycles. The number of pyridine rings is 1. The van der Waals surface area contributed by atoms with Crippen molar-refractivity contribution >= 4 is 17.6 Å². The highest BCUT2D eigenvalue weighted by Crippen LogP contribution is 2.39. The summed E-state index contributed by atoms with van der Waals surface area (Å²) in [6, 6.07) is 13.1. The molecule has 2 aromatic heterocycles. The van der Waals surface area contributed by atoms with Gasteiger partial charge in [0, 0.05) is 11.1 Å². The van der Waals surface area contributed by atoms with E-state index in [9.17, 15) is 18.0 Å². The number of aliphatic carboxylic acids is 1. The molecule has 1 fully saturated rings. The predicted molar refractivity (Wildman–Crippen MR) is 100 cm³/mol. The van der Waals surface area contributed by atoms with Crippen LogP contribution in [0.2, 0.25) is 5.02 Å². The van der Waals surface area contributed by atoms with E-state index in [1.165, 1.54) is 11.6 Å². The Morgan fingerprint density at radius 2 is 1.84 bits per heavy atom. The van der Waals surface area contributed by atoms with E-state index in [0.717, 1.165) is 23.6 Å². The first-order chi connectivity index (χ1) is 14.6. The maximum absolute atomic E-state index is 11.1. The summed E-state index contributed by atoms with van der Waals surface area (Å²) in [5, 5.41) is 11.8. The molecule has 0 bridgehead atoms. The van der Waals surface area contributed by atoms with Crippen molar-refractivity contribution in [2.24, 2.45) is 0 Å². The molecule has 31 heavy (non-hydrogen) atoms. The highest BCUT2D eigenvalue weighted by molar-refractivity contribution is 6.30. The number of carboxylic acid groups (broad SMARTS) is 1. The van der Waals surface area contributed by atoms with E-state index in [4.69, 9.17) is 30.8 Å². The smallest absolute Gasteiger partial charge is 0.430 e. The molecule has 11 heteroatoms. The van der Waals surface area contributed by atoms with Crippen LogP contribution in [0.15, 0.2) is 58.0 Å². The number of carbonyl (C=O) groups excluding carboxylic acids is 1. The first-order valence-corrected chi connectivity index (χ1v) is 9.40. The lowest BCUT2D eigenvalue weighted by atomic mass is 9.77. The molecule has 1 aromatic carbocycles. The maximum Gasteiger partial charge on any atom is 0.430 e. The summed E-state index contributed by atoms with van der Waals surface area (Å²) in [5.41, 5.74) is 1.76. The van der Waals surface area contributed by atoms with Gasteiger partial charge in [-0.2, -0.15) is 18.3 Å². The lowest BCUT2D eigenvalue weighted by molar-refractivity contribution is -0.367. The Balaban J connectivity index is 0.000000339. The Kier molecular flexibility index (Phi) is 6.69. The zero-order valence-corrected chi connectivity index (χ0v) is 16.5. The number of hydrogen-bond donors (Lipinski definition) is 1. The molecule has 0 aliphatic heterocycles. The van der Waals surface area contributed by atoms with Crippen LogP contribution in [0.25, 0.3) is 11.5 Å². The molecule has 0 spiro atoms. The Labute approximate surface area is 178 Å². The number of H-pyrrole nitrogens is 2. The molecule has 0 atom stereocenters. The topological polar surface area (TPSA) is 110 Å². The van der Waals surface area contributed by atoms with Crippen molar-refractivity contribution in [3.63, 3.8) is 0 Å². The van der Waals surface area contributed by atoms with E-state index in [1.807, 2.05) is 24.3 Å². The minimum Gasteiger partial charge on any atom is -0.542 e. The lowest BCUT2D eigenvalue weighted by Gasteiger charge is -2.35. The molecule has 3 aromatic rings. The van der Waals surface area contributed by atoms with E-state index in [-0.39, 0.29) is 11.7 Å². The second-order valence-electron chi connectivity index (χ2n) is 6.76. The molecule has 1 saturated carbocycles. The van der Waals surface area contributed by atoms with Gasteiger partial charge in [-0.25, -0.2) is 4.98 Å². The third kappa shape index (κ3) is 6.11. The lowest BCUT2D eigenvalue weighted by Crippen LogP contribution is -2.37. The van der Waals surface area contributed by atoms with E-state index >= 15 is 0 Å². The number of halogens is 4. The predicted octanol–water partition coefficient (Wildman–Crippen LogP) is 2.73. The van der Waals surface area contributed by atoms with Crippen molar-refractivity contribution in [2.75, 3.05) is 0 Å². The normalized spacial score (nSPS) is 17.8. The van der Waals surface area contributed by atoms with Gasteiger partial charge in [0.05, 0.1) is 6.07 Å². The van der Waals surface area contributed by atoms with Crippen LogP contribution in [0.1, 0.15) is 24.3 Å². The Morgan fingerprint density at radius 3 is 2.32 bits per heavy atom. The zero-order valence-electron chi connectivity index (χ0n) is 15.7. The van der Waals surface area contributed by atoms with Crippen molar-refractivity contribution < 1.29 is 37.3 Å². The van der Waals surface area contributed by atoms with Gasteiger partial charge in [-0.05, 0) is 42.5 Å². The third-order valence-electron chi connectivity index (χ3n) is 4.54. The fourth-order valence-electron chi connectivity index (χ4n) is 2.91. The van der Waals surface area contributed by atoms with Crippen molar-refractivity contribution in [1.82, 2.24) is 5.16 Å². The number of ether oxygens (including phenoxy) is 1. The molecule has 7 nitrogen and oxygen atoms in total. The molecule has 2 heterocycles. The summed E-state index contributed by atoms with van der Waals surface area (Å²) < 4.78 is 42.6. The fourth-order valence-corrected chi connectivity index (χ4v) is 3.04. The van der Waals surface area contributed by atoms with Crippen LogP contribution in [0.3, 0.4) is 0 Å². The summed E-state index contributed by atoms with van der Waals surface area (Å²) in [6.45, 7) is 0. The second kappa shape index (κ2) is 9.25. The van der Waals surface area contributed by atoms with Gasteiger partial charge in [0.15, 0.2) is 5.75 Å². The van der Waals surface area contributed by atoms with E-state index < -0.39 is 12.1 Å². The quantitative estimate of drug-likeness (QED) is 0.649. The minimum absolute atomic E-state index is 0.218. The second-order valence-corrected chi connectivity index (χ2v) is 7.20. The van der Waals surface area contributed by atoms with Gasteiger partial charge in [-0.1, -0.05) is 23.7 Å². The summed E-state index contributed by atoms with van der Waals surface area (Å²) in [5.74, 6) is -1.23. The molecule has 0 radical (unpaired) electrons. The standard InChI is InChI=1S/C18H15ClN2O3.C2HF3O2/c19-13-3-1-11(2-4-13)12-7-15(8-12)23-14-5-6-16(20-10-14)17-9-18(22)21-24-17;3-2(4,5)1(6)7/h1-6,9-10,12,15H,7-8H2,(H,21,22);(H,6,7). The highest BCUT2D eigenvalue weighted by Gasteiger charge is 2.32. The van der Waals surface area contributed by atoms with Crippen molar-refractivity contribution in [3.05, 3.63) is 69.6 Å². The fraction of sp³-hybridized carbons (Fsp3) is 0.250. The summed E-state index contributed by atoms with van der Waals surface area (Å²) in [6.07, 6.45) is -1.21. The van der Waals surface area contributed by atoms with Gasteiger partial charge in [-0.15, -0.1) is 0 Å². The van der Waals surface area contributed by atoms with Crippen LogP contribution >= 0.6 is 11.6 Å². The number of hydrogen-bond acceptors (Lipinski definition) is 5. The van der Waals surface area contributed by atoms with Crippen LogP contribution < -0.4 is 20.4 Å². The summed E-state index contributed by atoms with van der Waals surface area (Å²) in [7, 11) is 0. The van der Waals surface area contributed by atoms with E-state index in [2.05, 4.69) is 22.3 Å². The molecule has 2 N–H and O–H groups in total. The average molecular weight is 457 g/mol.